The van der Waals surface area contributed by atoms with E-state index in [0.717, 1.165) is 11.3 Å². The lowest BCUT2D eigenvalue weighted by Crippen LogP contribution is -2.04. The summed E-state index contributed by atoms with van der Waals surface area (Å²) in [5.74, 6) is -0.298. The van der Waals surface area contributed by atoms with E-state index in [2.05, 4.69) is 20.9 Å². The molecule has 0 bridgehead atoms. The number of carbonyl (C=O) groups is 1. The Bertz CT molecular complexity index is 636. The summed E-state index contributed by atoms with van der Waals surface area (Å²) in [6.45, 7) is 1.22. The molecule has 0 radical (unpaired) electrons. The Labute approximate surface area is 111 Å². The monoisotopic (exact) mass is 308 g/mol. The van der Waals surface area contributed by atoms with Gasteiger partial charge in [-0.05, 0) is 28.1 Å². The smallest absolute Gasteiger partial charge is 0.335 e. The first-order valence-corrected chi connectivity index (χ1v) is 6.16. The van der Waals surface area contributed by atoms with Crippen molar-refractivity contribution in [2.45, 2.75) is 6.54 Å². The summed E-state index contributed by atoms with van der Waals surface area (Å²) in [6, 6.07) is 3.16. The fraction of sp³-hybridized carbons (Fsp3) is 0.167. The van der Waals surface area contributed by atoms with Gasteiger partial charge in [-0.3, -0.25) is 0 Å². The highest BCUT2D eigenvalue weighted by Gasteiger charge is 2.20. The summed E-state index contributed by atoms with van der Waals surface area (Å²) in [7, 11) is 0. The van der Waals surface area contributed by atoms with Gasteiger partial charge in [0.15, 0.2) is 0 Å². The number of rotatable bonds is 1. The fourth-order valence-corrected chi connectivity index (χ4v) is 2.60. The molecule has 0 atom stereocenters. The Morgan fingerprint density at radius 1 is 1.50 bits per heavy atom. The molecule has 1 N–H and O–H groups in total. The van der Waals surface area contributed by atoms with Crippen molar-refractivity contribution in [2.24, 2.45) is 0 Å². The van der Waals surface area contributed by atoms with Crippen LogP contribution in [0.15, 0.2) is 29.1 Å². The van der Waals surface area contributed by atoms with Crippen LogP contribution in [0.4, 0.5) is 0 Å². The SMILES string of the molecule is O=C(O)c1cc(Br)c2c(c1)-c1cncn1CCO2. The van der Waals surface area contributed by atoms with Crippen LogP contribution in [0, 0.1) is 0 Å². The van der Waals surface area contributed by atoms with Crippen molar-refractivity contribution in [1.82, 2.24) is 9.55 Å². The summed E-state index contributed by atoms with van der Waals surface area (Å²) in [6.07, 6.45) is 3.43. The second kappa shape index (κ2) is 4.13. The molecule has 0 fully saturated rings. The maximum absolute atomic E-state index is 11.1. The van der Waals surface area contributed by atoms with Gasteiger partial charge in [0, 0.05) is 5.56 Å². The van der Waals surface area contributed by atoms with Crippen LogP contribution in [0.5, 0.6) is 5.75 Å². The minimum absolute atomic E-state index is 0.221. The number of halogens is 1. The predicted molar refractivity (Wildman–Crippen MR) is 67.8 cm³/mol. The molecular weight excluding hydrogens is 300 g/mol. The molecule has 0 saturated carbocycles. The van der Waals surface area contributed by atoms with E-state index in [0.29, 0.717) is 23.4 Å². The molecule has 1 aromatic carbocycles. The average Bonchev–Trinajstić information content (AvgIpc) is 2.72. The van der Waals surface area contributed by atoms with Crippen LogP contribution in [0.1, 0.15) is 10.4 Å². The van der Waals surface area contributed by atoms with E-state index in [4.69, 9.17) is 9.84 Å². The maximum atomic E-state index is 11.1. The number of nitrogens with zero attached hydrogens (tertiary/aromatic N) is 2. The Morgan fingerprint density at radius 2 is 2.33 bits per heavy atom. The quantitative estimate of drug-likeness (QED) is 0.878. The van der Waals surface area contributed by atoms with Crippen molar-refractivity contribution in [3.63, 3.8) is 0 Å². The second-order valence-corrected chi connectivity index (χ2v) is 4.81. The lowest BCUT2D eigenvalue weighted by Gasteiger charge is -2.10. The number of fused-ring (bicyclic) bond motifs is 3. The van der Waals surface area contributed by atoms with Crippen LogP contribution in [0.25, 0.3) is 11.3 Å². The number of benzene rings is 1. The van der Waals surface area contributed by atoms with Gasteiger partial charge in [-0.1, -0.05) is 0 Å². The van der Waals surface area contributed by atoms with E-state index in [1.165, 1.54) is 0 Å². The van der Waals surface area contributed by atoms with Crippen molar-refractivity contribution < 1.29 is 14.6 Å². The molecule has 0 spiro atoms. The fourth-order valence-electron chi connectivity index (χ4n) is 2.02. The molecule has 3 rings (SSSR count). The van der Waals surface area contributed by atoms with E-state index in [1.54, 1.807) is 24.7 Å². The Balaban J connectivity index is 2.28. The average molecular weight is 309 g/mol. The number of carboxylic acids is 1. The van der Waals surface area contributed by atoms with Crippen LogP contribution >= 0.6 is 15.9 Å². The van der Waals surface area contributed by atoms with Gasteiger partial charge in [-0.15, -0.1) is 0 Å². The zero-order valence-corrected chi connectivity index (χ0v) is 10.8. The Kier molecular flexibility index (Phi) is 2.59. The van der Waals surface area contributed by atoms with Crippen LogP contribution < -0.4 is 4.74 Å². The predicted octanol–water partition coefficient (Wildman–Crippen LogP) is 2.40. The lowest BCUT2D eigenvalue weighted by atomic mass is 10.1. The minimum atomic E-state index is -0.964. The molecule has 6 heteroatoms. The summed E-state index contributed by atoms with van der Waals surface area (Å²) >= 11 is 3.36. The molecule has 0 amide bonds. The highest BCUT2D eigenvalue weighted by atomic mass is 79.9. The van der Waals surface area contributed by atoms with Gasteiger partial charge in [0.05, 0.1) is 34.8 Å². The third kappa shape index (κ3) is 1.69. The van der Waals surface area contributed by atoms with Crippen LogP contribution in [-0.2, 0) is 6.54 Å². The van der Waals surface area contributed by atoms with Gasteiger partial charge in [0.2, 0.25) is 0 Å². The number of hydrogen-bond donors (Lipinski definition) is 1. The van der Waals surface area contributed by atoms with E-state index in [9.17, 15) is 4.79 Å². The van der Waals surface area contributed by atoms with Crippen molar-refractivity contribution in [3.8, 4) is 17.0 Å². The zero-order valence-electron chi connectivity index (χ0n) is 9.26. The second-order valence-electron chi connectivity index (χ2n) is 3.96. The molecule has 2 heterocycles. The van der Waals surface area contributed by atoms with Gasteiger partial charge < -0.3 is 14.4 Å². The van der Waals surface area contributed by atoms with Gasteiger partial charge >= 0.3 is 5.97 Å². The minimum Gasteiger partial charge on any atom is -0.490 e. The van der Waals surface area contributed by atoms with Crippen molar-refractivity contribution in [2.75, 3.05) is 6.61 Å². The number of imidazole rings is 1. The normalized spacial score (nSPS) is 13.2. The number of aromatic carboxylic acids is 1. The van der Waals surface area contributed by atoms with Gasteiger partial charge in [0.1, 0.15) is 12.4 Å². The molecule has 1 aromatic heterocycles. The summed E-state index contributed by atoms with van der Waals surface area (Å²) in [5, 5.41) is 9.10. The van der Waals surface area contributed by atoms with Crippen LogP contribution in [-0.4, -0.2) is 27.2 Å². The highest BCUT2D eigenvalue weighted by Crippen LogP contribution is 2.39. The van der Waals surface area contributed by atoms with Crippen molar-refractivity contribution >= 4 is 21.9 Å². The molecule has 18 heavy (non-hydrogen) atoms. The molecule has 1 aliphatic heterocycles. The molecule has 2 aromatic rings. The third-order valence-electron chi connectivity index (χ3n) is 2.86. The zero-order chi connectivity index (χ0) is 12.7. The molecule has 0 unspecified atom stereocenters. The number of carboxylic acid groups (broad SMARTS) is 1. The van der Waals surface area contributed by atoms with Crippen molar-refractivity contribution in [1.29, 1.82) is 0 Å². The first-order chi connectivity index (χ1) is 8.66. The topological polar surface area (TPSA) is 64.3 Å². The first kappa shape index (κ1) is 11.3. The van der Waals surface area contributed by atoms with Crippen LogP contribution in [0.3, 0.4) is 0 Å². The summed E-state index contributed by atoms with van der Waals surface area (Å²) in [5.41, 5.74) is 1.84. The summed E-state index contributed by atoms with van der Waals surface area (Å²) in [4.78, 5) is 15.2. The van der Waals surface area contributed by atoms with E-state index < -0.39 is 5.97 Å². The lowest BCUT2D eigenvalue weighted by molar-refractivity contribution is 0.0697. The molecule has 92 valence electrons. The molecule has 0 saturated heterocycles. The Morgan fingerprint density at radius 3 is 3.11 bits per heavy atom. The number of ether oxygens (including phenoxy) is 1. The number of hydrogen-bond acceptors (Lipinski definition) is 3. The largest absolute Gasteiger partial charge is 0.490 e. The third-order valence-corrected chi connectivity index (χ3v) is 3.45. The number of aromatic nitrogens is 2. The van der Waals surface area contributed by atoms with E-state index in [-0.39, 0.29) is 5.56 Å². The Hall–Kier alpha value is -1.82. The van der Waals surface area contributed by atoms with E-state index in [1.807, 2.05) is 4.57 Å². The van der Waals surface area contributed by atoms with E-state index >= 15 is 0 Å². The van der Waals surface area contributed by atoms with Gasteiger partial charge in [-0.25, -0.2) is 9.78 Å². The molecule has 5 nitrogen and oxygen atoms in total. The maximum Gasteiger partial charge on any atom is 0.335 e. The van der Waals surface area contributed by atoms with Crippen molar-refractivity contribution in [3.05, 3.63) is 34.7 Å². The highest BCUT2D eigenvalue weighted by molar-refractivity contribution is 9.10. The first-order valence-electron chi connectivity index (χ1n) is 5.37. The molecular formula is C12H9BrN2O3. The van der Waals surface area contributed by atoms with Gasteiger partial charge in [0.25, 0.3) is 0 Å². The molecule has 1 aliphatic rings. The van der Waals surface area contributed by atoms with Crippen LogP contribution in [0.2, 0.25) is 0 Å². The summed E-state index contributed by atoms with van der Waals surface area (Å²) < 4.78 is 8.26. The standard InChI is InChI=1S/C12H9BrN2O3/c13-9-4-7(12(16)17)3-8-10-5-14-6-15(10)1-2-18-11(8)9/h3-6H,1-2H2,(H,16,17). The van der Waals surface area contributed by atoms with Gasteiger partial charge in [-0.2, -0.15) is 0 Å². The molecule has 0 aliphatic carbocycles.